The fourth-order valence-electron chi connectivity index (χ4n) is 5.22. The molecular formula is C32H52N2O2Si2. The van der Waals surface area contributed by atoms with E-state index in [-0.39, 0.29) is 5.04 Å². The number of rotatable bonds is 9. The number of anilines is 2. The van der Waals surface area contributed by atoms with Crippen LogP contribution >= 0.6 is 0 Å². The van der Waals surface area contributed by atoms with Gasteiger partial charge in [-0.05, 0) is 95.6 Å². The molecular weight excluding hydrogens is 501 g/mol. The maximum Gasteiger partial charge on any atom is 0.191 e. The van der Waals surface area contributed by atoms with E-state index in [2.05, 4.69) is 127 Å². The van der Waals surface area contributed by atoms with Crippen molar-refractivity contribution in [2.24, 2.45) is 0 Å². The van der Waals surface area contributed by atoms with Gasteiger partial charge in [0, 0.05) is 46.2 Å². The molecule has 0 bridgehead atoms. The summed E-state index contributed by atoms with van der Waals surface area (Å²) in [6.07, 6.45) is 7.72. The second kappa shape index (κ2) is 11.0. The van der Waals surface area contributed by atoms with Crippen molar-refractivity contribution in [3.63, 3.8) is 0 Å². The molecule has 6 heteroatoms. The van der Waals surface area contributed by atoms with E-state index in [1.54, 1.807) is 0 Å². The minimum absolute atomic E-state index is 0.254. The molecule has 2 aromatic carbocycles. The average Bonchev–Trinajstić information content (AvgIpc) is 2.80. The van der Waals surface area contributed by atoms with Crippen LogP contribution in [0.2, 0.25) is 31.2 Å². The van der Waals surface area contributed by atoms with E-state index >= 15 is 0 Å². The zero-order valence-electron chi connectivity index (χ0n) is 26.1. The maximum absolute atomic E-state index is 12.1. The number of aliphatic hydroxyl groups is 1. The molecule has 1 unspecified atom stereocenters. The minimum atomic E-state index is -2.07. The molecule has 1 atom stereocenters. The van der Waals surface area contributed by atoms with Crippen LogP contribution in [0.15, 0.2) is 36.4 Å². The second-order valence-electron chi connectivity index (χ2n) is 13.7. The Balaban J connectivity index is 1.91. The standard InChI is InChI=1S/C32H52N2O2Si2/c1-31(2,3)38(11,12)36-20-16-14-13-15-17-24-21-26(34(7)8)23-29-30(24)32(4,35)27-19-18-25(33(5)6)22-28(27)37(29,9)10/h15,17-19,21-23,35H,13-14,16,20H2,1-12H3/b17-15+. The van der Waals surface area contributed by atoms with E-state index in [0.717, 1.165) is 42.6 Å². The number of fused-ring (bicyclic) bond motifs is 2. The summed E-state index contributed by atoms with van der Waals surface area (Å²) in [6.45, 7) is 19.2. The lowest BCUT2D eigenvalue weighted by molar-refractivity contribution is 0.103. The third kappa shape index (κ3) is 5.98. The van der Waals surface area contributed by atoms with Crippen molar-refractivity contribution in [3.05, 3.63) is 53.1 Å². The smallest absolute Gasteiger partial charge is 0.191 e. The molecule has 0 fully saturated rings. The Hall–Kier alpha value is -1.87. The summed E-state index contributed by atoms with van der Waals surface area (Å²) >= 11 is 0. The number of unbranched alkanes of at least 4 members (excludes halogenated alkanes) is 2. The van der Waals surface area contributed by atoms with Crippen molar-refractivity contribution in [1.29, 1.82) is 0 Å². The summed E-state index contributed by atoms with van der Waals surface area (Å²) in [7, 11) is 4.62. The summed E-state index contributed by atoms with van der Waals surface area (Å²) in [5, 5.41) is 15.0. The zero-order chi connectivity index (χ0) is 28.7. The lowest BCUT2D eigenvalue weighted by Crippen LogP contribution is -2.63. The van der Waals surface area contributed by atoms with Crippen LogP contribution in [0.3, 0.4) is 0 Å². The van der Waals surface area contributed by atoms with E-state index in [4.69, 9.17) is 4.43 Å². The van der Waals surface area contributed by atoms with Crippen LogP contribution in [0, 0.1) is 0 Å². The molecule has 1 aliphatic rings. The van der Waals surface area contributed by atoms with Crippen molar-refractivity contribution in [2.45, 2.75) is 83.8 Å². The van der Waals surface area contributed by atoms with Gasteiger partial charge in [-0.15, -0.1) is 0 Å². The number of hydrogen-bond acceptors (Lipinski definition) is 4. The lowest BCUT2D eigenvalue weighted by atomic mass is 9.83. The van der Waals surface area contributed by atoms with Gasteiger partial charge in [0.25, 0.3) is 0 Å². The highest BCUT2D eigenvalue weighted by Gasteiger charge is 2.46. The van der Waals surface area contributed by atoms with Gasteiger partial charge in [0.1, 0.15) is 13.7 Å². The summed E-state index contributed by atoms with van der Waals surface area (Å²) in [6, 6.07) is 11.2. The number of allylic oxidation sites excluding steroid dienone is 1. The van der Waals surface area contributed by atoms with E-state index in [1.807, 2.05) is 6.92 Å². The quantitative estimate of drug-likeness (QED) is 0.288. The molecule has 0 spiro atoms. The first-order valence-electron chi connectivity index (χ1n) is 14.1. The fraction of sp³-hybridized carbons (Fsp3) is 0.562. The summed E-state index contributed by atoms with van der Waals surface area (Å²) in [5.41, 5.74) is 4.61. The highest BCUT2D eigenvalue weighted by Crippen LogP contribution is 2.39. The molecule has 38 heavy (non-hydrogen) atoms. The fourth-order valence-corrected chi connectivity index (χ4v) is 9.63. The predicted octanol–water partition coefficient (Wildman–Crippen LogP) is 6.42. The van der Waals surface area contributed by atoms with Gasteiger partial charge in [0.15, 0.2) is 8.32 Å². The third-order valence-corrected chi connectivity index (χ3v) is 16.9. The largest absolute Gasteiger partial charge is 0.417 e. The van der Waals surface area contributed by atoms with Crippen LogP contribution in [-0.2, 0) is 10.0 Å². The van der Waals surface area contributed by atoms with Crippen LogP contribution in [0.1, 0.15) is 63.6 Å². The molecule has 1 aliphatic heterocycles. The van der Waals surface area contributed by atoms with Crippen LogP contribution in [-0.4, -0.2) is 56.3 Å². The van der Waals surface area contributed by atoms with E-state index in [9.17, 15) is 5.11 Å². The topological polar surface area (TPSA) is 35.9 Å². The molecule has 4 nitrogen and oxygen atoms in total. The van der Waals surface area contributed by atoms with Gasteiger partial charge in [0.2, 0.25) is 0 Å². The third-order valence-electron chi connectivity index (χ3n) is 8.88. The number of nitrogens with zero attached hydrogens (tertiary/aromatic N) is 2. The normalized spacial score (nSPS) is 18.9. The Kier molecular flexibility index (Phi) is 8.84. The van der Waals surface area contributed by atoms with Gasteiger partial charge in [0.05, 0.1) is 0 Å². The monoisotopic (exact) mass is 552 g/mol. The van der Waals surface area contributed by atoms with Crippen molar-refractivity contribution in [2.75, 3.05) is 44.6 Å². The molecule has 210 valence electrons. The number of benzene rings is 2. The molecule has 0 aliphatic carbocycles. The van der Waals surface area contributed by atoms with Crippen LogP contribution in [0.5, 0.6) is 0 Å². The Morgan fingerprint density at radius 1 is 0.947 bits per heavy atom. The molecule has 0 saturated heterocycles. The zero-order valence-corrected chi connectivity index (χ0v) is 28.1. The summed E-state index contributed by atoms with van der Waals surface area (Å²) < 4.78 is 6.36. The van der Waals surface area contributed by atoms with Gasteiger partial charge in [-0.2, -0.15) is 0 Å². The van der Waals surface area contributed by atoms with E-state index in [0.29, 0.717) is 0 Å². The van der Waals surface area contributed by atoms with E-state index < -0.39 is 22.0 Å². The van der Waals surface area contributed by atoms with Gasteiger partial charge in [-0.3, -0.25) is 0 Å². The van der Waals surface area contributed by atoms with Crippen molar-refractivity contribution in [3.8, 4) is 0 Å². The van der Waals surface area contributed by atoms with E-state index in [1.165, 1.54) is 21.7 Å². The molecule has 0 radical (unpaired) electrons. The first kappa shape index (κ1) is 30.7. The van der Waals surface area contributed by atoms with Crippen molar-refractivity contribution >= 4 is 44.2 Å². The molecule has 2 aromatic rings. The minimum Gasteiger partial charge on any atom is -0.417 e. The molecule has 0 amide bonds. The van der Waals surface area contributed by atoms with Crippen molar-refractivity contribution < 1.29 is 9.53 Å². The van der Waals surface area contributed by atoms with Gasteiger partial charge in [-0.1, -0.05) is 52.1 Å². The second-order valence-corrected chi connectivity index (χ2v) is 22.8. The van der Waals surface area contributed by atoms with Crippen LogP contribution in [0.4, 0.5) is 11.4 Å². The first-order valence-corrected chi connectivity index (χ1v) is 20.0. The Morgan fingerprint density at radius 2 is 1.55 bits per heavy atom. The highest BCUT2D eigenvalue weighted by atomic mass is 28.4. The average molecular weight is 553 g/mol. The Labute approximate surface area is 234 Å². The Bertz CT molecular complexity index is 1170. The summed E-state index contributed by atoms with van der Waals surface area (Å²) in [5.74, 6) is 0. The SMILES string of the molecule is CN(C)c1ccc2c(c1)[Si](C)(C)c1cc(N(C)C)cc(/C=C/CCCCO[Si](C)(C)C(C)(C)C)c1C2(C)O. The van der Waals surface area contributed by atoms with Gasteiger partial charge in [-0.25, -0.2) is 0 Å². The van der Waals surface area contributed by atoms with Crippen molar-refractivity contribution in [1.82, 2.24) is 0 Å². The van der Waals surface area contributed by atoms with Gasteiger partial charge >= 0.3 is 0 Å². The lowest BCUT2D eigenvalue weighted by Gasteiger charge is -2.43. The molecule has 1 N–H and O–H groups in total. The highest BCUT2D eigenvalue weighted by molar-refractivity contribution is 7.01. The first-order chi connectivity index (χ1) is 17.4. The molecule has 0 saturated carbocycles. The maximum atomic E-state index is 12.1. The summed E-state index contributed by atoms with van der Waals surface area (Å²) in [4.78, 5) is 4.33. The Morgan fingerprint density at radius 3 is 2.13 bits per heavy atom. The van der Waals surface area contributed by atoms with Crippen LogP contribution in [0.25, 0.3) is 6.08 Å². The number of hydrogen-bond donors (Lipinski definition) is 1. The van der Waals surface area contributed by atoms with Gasteiger partial charge < -0.3 is 19.3 Å². The van der Waals surface area contributed by atoms with Crippen LogP contribution < -0.4 is 20.2 Å². The molecule has 1 heterocycles. The molecule has 3 rings (SSSR count). The molecule has 0 aromatic heterocycles. The predicted molar refractivity (Wildman–Crippen MR) is 173 cm³/mol.